The SMILES string of the molecule is CN=C(NCCOc1cccc(OC)c1)NCc1ccc(OCC(F)(F)F)cc1. The standard InChI is InChI=1S/C20H24F3N3O3/c1-24-19(25-10-11-28-18-5-3-4-17(12-18)27-2)26-13-15-6-8-16(9-7-15)29-14-20(21,22)23/h3-9,12H,10-11,13-14H2,1-2H3,(H2,24,25,26). The van der Waals surface area contributed by atoms with E-state index in [9.17, 15) is 13.2 Å². The minimum Gasteiger partial charge on any atom is -0.497 e. The van der Waals surface area contributed by atoms with Gasteiger partial charge < -0.3 is 24.8 Å². The lowest BCUT2D eigenvalue weighted by Gasteiger charge is -2.13. The average Bonchev–Trinajstić information content (AvgIpc) is 2.72. The molecule has 2 rings (SSSR count). The molecule has 0 spiro atoms. The summed E-state index contributed by atoms with van der Waals surface area (Å²) in [5, 5.41) is 6.24. The van der Waals surface area contributed by atoms with Gasteiger partial charge in [0.25, 0.3) is 0 Å². The molecule has 2 aromatic rings. The molecule has 158 valence electrons. The van der Waals surface area contributed by atoms with Gasteiger partial charge in [-0.2, -0.15) is 13.2 Å². The second-order valence-corrected chi connectivity index (χ2v) is 5.93. The van der Waals surface area contributed by atoms with E-state index < -0.39 is 12.8 Å². The normalized spacial score (nSPS) is 11.7. The Hall–Kier alpha value is -3.10. The van der Waals surface area contributed by atoms with E-state index in [2.05, 4.69) is 20.4 Å². The molecule has 0 radical (unpaired) electrons. The van der Waals surface area contributed by atoms with Crippen molar-refractivity contribution < 1.29 is 27.4 Å². The third-order valence-corrected chi connectivity index (χ3v) is 3.71. The summed E-state index contributed by atoms with van der Waals surface area (Å²) in [6.45, 7) is 0.106. The van der Waals surface area contributed by atoms with Crippen molar-refractivity contribution in [3.63, 3.8) is 0 Å². The number of methoxy groups -OCH3 is 1. The maximum absolute atomic E-state index is 12.2. The Balaban J connectivity index is 1.70. The van der Waals surface area contributed by atoms with Crippen molar-refractivity contribution in [3.8, 4) is 17.2 Å². The van der Waals surface area contributed by atoms with Crippen molar-refractivity contribution in [1.82, 2.24) is 10.6 Å². The smallest absolute Gasteiger partial charge is 0.422 e. The molecule has 0 unspecified atom stereocenters. The Labute approximate surface area is 167 Å². The Morgan fingerprint density at radius 3 is 2.34 bits per heavy atom. The number of guanidine groups is 1. The fourth-order valence-electron chi connectivity index (χ4n) is 2.30. The van der Waals surface area contributed by atoms with Gasteiger partial charge in [0.05, 0.1) is 13.7 Å². The summed E-state index contributed by atoms with van der Waals surface area (Å²) in [4.78, 5) is 4.12. The number of hydrogen-bond donors (Lipinski definition) is 2. The molecule has 0 fully saturated rings. The average molecular weight is 411 g/mol. The number of halogens is 3. The number of alkyl halides is 3. The first-order valence-corrected chi connectivity index (χ1v) is 8.89. The number of nitrogens with one attached hydrogen (secondary N) is 2. The van der Waals surface area contributed by atoms with Crippen LogP contribution in [0.4, 0.5) is 13.2 Å². The Kier molecular flexibility index (Phi) is 8.45. The molecule has 0 saturated carbocycles. The third-order valence-electron chi connectivity index (χ3n) is 3.71. The van der Waals surface area contributed by atoms with Crippen LogP contribution in [0.15, 0.2) is 53.5 Å². The number of nitrogens with zero attached hydrogens (tertiary/aromatic N) is 1. The summed E-state index contributed by atoms with van der Waals surface area (Å²) in [6, 6.07) is 13.7. The number of benzene rings is 2. The predicted octanol–water partition coefficient (Wildman–Crippen LogP) is 3.38. The highest BCUT2D eigenvalue weighted by atomic mass is 19.4. The first kappa shape index (κ1) is 22.2. The van der Waals surface area contributed by atoms with Crippen LogP contribution < -0.4 is 24.8 Å². The van der Waals surface area contributed by atoms with Crippen LogP contribution in [0, 0.1) is 0 Å². The molecule has 0 saturated heterocycles. The zero-order valence-electron chi connectivity index (χ0n) is 16.3. The molecule has 0 aliphatic rings. The van der Waals surface area contributed by atoms with Crippen molar-refractivity contribution in [2.75, 3.05) is 33.9 Å². The van der Waals surface area contributed by atoms with Crippen LogP contribution in [0.2, 0.25) is 0 Å². The first-order valence-electron chi connectivity index (χ1n) is 8.89. The monoisotopic (exact) mass is 411 g/mol. The van der Waals surface area contributed by atoms with E-state index in [1.165, 1.54) is 12.1 Å². The topological polar surface area (TPSA) is 64.1 Å². The van der Waals surface area contributed by atoms with Crippen molar-refractivity contribution in [2.45, 2.75) is 12.7 Å². The van der Waals surface area contributed by atoms with Crippen LogP contribution in [0.5, 0.6) is 17.2 Å². The summed E-state index contributed by atoms with van der Waals surface area (Å²) < 4.78 is 51.9. The maximum Gasteiger partial charge on any atom is 0.422 e. The van der Waals surface area contributed by atoms with Gasteiger partial charge in [0, 0.05) is 19.7 Å². The highest BCUT2D eigenvalue weighted by Crippen LogP contribution is 2.19. The van der Waals surface area contributed by atoms with Gasteiger partial charge in [-0.1, -0.05) is 18.2 Å². The number of rotatable bonds is 9. The lowest BCUT2D eigenvalue weighted by atomic mass is 10.2. The molecule has 0 aliphatic heterocycles. The predicted molar refractivity (Wildman–Crippen MR) is 105 cm³/mol. The third kappa shape index (κ3) is 8.63. The van der Waals surface area contributed by atoms with Gasteiger partial charge in [-0.25, -0.2) is 0 Å². The minimum atomic E-state index is -4.35. The van der Waals surface area contributed by atoms with E-state index in [1.807, 2.05) is 18.2 Å². The second kappa shape index (κ2) is 11.0. The lowest BCUT2D eigenvalue weighted by molar-refractivity contribution is -0.153. The quantitative estimate of drug-likeness (QED) is 0.376. The fraction of sp³-hybridized carbons (Fsp3) is 0.350. The summed E-state index contributed by atoms with van der Waals surface area (Å²) in [5.74, 6) is 2.18. The number of aliphatic imine (C=N–C) groups is 1. The molecule has 0 aliphatic carbocycles. The molecule has 0 amide bonds. The number of ether oxygens (including phenoxy) is 3. The van der Waals surface area contributed by atoms with Crippen LogP contribution in [0.1, 0.15) is 5.56 Å². The van der Waals surface area contributed by atoms with Gasteiger partial charge in [0.1, 0.15) is 23.9 Å². The van der Waals surface area contributed by atoms with Gasteiger partial charge in [0.2, 0.25) is 0 Å². The summed E-state index contributed by atoms with van der Waals surface area (Å²) in [5.41, 5.74) is 0.875. The van der Waals surface area contributed by atoms with Crippen LogP contribution >= 0.6 is 0 Å². The number of hydrogen-bond acceptors (Lipinski definition) is 4. The summed E-state index contributed by atoms with van der Waals surface area (Å²) in [7, 11) is 3.24. The Morgan fingerprint density at radius 1 is 0.966 bits per heavy atom. The van der Waals surface area contributed by atoms with Crippen molar-refractivity contribution >= 4 is 5.96 Å². The molecular weight excluding hydrogens is 387 g/mol. The molecule has 0 bridgehead atoms. The van der Waals surface area contributed by atoms with Crippen LogP contribution in [-0.2, 0) is 6.54 Å². The van der Waals surface area contributed by atoms with E-state index >= 15 is 0 Å². The van der Waals surface area contributed by atoms with E-state index in [-0.39, 0.29) is 5.75 Å². The summed E-state index contributed by atoms with van der Waals surface area (Å²) in [6.07, 6.45) is -4.35. The van der Waals surface area contributed by atoms with Crippen molar-refractivity contribution in [3.05, 3.63) is 54.1 Å². The lowest BCUT2D eigenvalue weighted by Crippen LogP contribution is -2.38. The molecule has 2 N–H and O–H groups in total. The molecule has 2 aromatic carbocycles. The van der Waals surface area contributed by atoms with Gasteiger partial charge >= 0.3 is 6.18 Å². The zero-order valence-corrected chi connectivity index (χ0v) is 16.3. The van der Waals surface area contributed by atoms with Crippen LogP contribution in [0.3, 0.4) is 0 Å². The zero-order chi connectivity index (χ0) is 21.1. The molecule has 0 atom stereocenters. The summed E-state index contributed by atoms with van der Waals surface area (Å²) >= 11 is 0. The molecule has 9 heteroatoms. The Morgan fingerprint density at radius 2 is 1.69 bits per heavy atom. The van der Waals surface area contributed by atoms with Crippen LogP contribution in [0.25, 0.3) is 0 Å². The van der Waals surface area contributed by atoms with Crippen LogP contribution in [-0.4, -0.2) is 46.1 Å². The van der Waals surface area contributed by atoms with E-state index in [0.29, 0.717) is 31.4 Å². The molecule has 0 heterocycles. The van der Waals surface area contributed by atoms with Crippen molar-refractivity contribution in [2.24, 2.45) is 4.99 Å². The highest BCUT2D eigenvalue weighted by molar-refractivity contribution is 5.79. The highest BCUT2D eigenvalue weighted by Gasteiger charge is 2.28. The maximum atomic E-state index is 12.2. The largest absolute Gasteiger partial charge is 0.497 e. The van der Waals surface area contributed by atoms with Gasteiger partial charge in [-0.3, -0.25) is 4.99 Å². The molecule has 29 heavy (non-hydrogen) atoms. The Bertz CT molecular complexity index is 781. The van der Waals surface area contributed by atoms with Gasteiger partial charge in [-0.05, 0) is 29.8 Å². The molecule has 6 nitrogen and oxygen atoms in total. The van der Waals surface area contributed by atoms with E-state index in [4.69, 9.17) is 9.47 Å². The fourth-order valence-corrected chi connectivity index (χ4v) is 2.30. The van der Waals surface area contributed by atoms with E-state index in [1.54, 1.807) is 32.4 Å². The van der Waals surface area contributed by atoms with E-state index in [0.717, 1.165) is 11.3 Å². The van der Waals surface area contributed by atoms with Gasteiger partial charge in [-0.15, -0.1) is 0 Å². The van der Waals surface area contributed by atoms with Gasteiger partial charge in [0.15, 0.2) is 12.6 Å². The minimum absolute atomic E-state index is 0.170. The van der Waals surface area contributed by atoms with Crippen molar-refractivity contribution in [1.29, 1.82) is 0 Å². The molecule has 0 aromatic heterocycles. The molecular formula is C20H24F3N3O3. The first-order chi connectivity index (χ1) is 13.9. The second-order valence-electron chi connectivity index (χ2n) is 5.93.